The fourth-order valence-electron chi connectivity index (χ4n) is 2.67. The number of aromatic nitrogens is 1. The number of nitrogens with two attached hydrogens (primary N) is 1. The summed E-state index contributed by atoms with van der Waals surface area (Å²) in [5, 5.41) is 6.96. The van der Waals surface area contributed by atoms with Gasteiger partial charge in [0.2, 0.25) is 5.03 Å². The molecule has 1 aromatic heterocycles. The summed E-state index contributed by atoms with van der Waals surface area (Å²) >= 11 is 0. The molecule has 1 fully saturated rings. The molecule has 0 aromatic carbocycles. The fraction of sp³-hybridized carbons (Fsp3) is 0.538. The van der Waals surface area contributed by atoms with Gasteiger partial charge in [-0.2, -0.15) is 4.72 Å². The highest BCUT2D eigenvalue weighted by molar-refractivity contribution is 7.89. The van der Waals surface area contributed by atoms with Crippen molar-refractivity contribution < 1.29 is 12.8 Å². The largest absolute Gasteiger partial charge is 0.386 e. The van der Waals surface area contributed by atoms with Crippen molar-refractivity contribution in [1.29, 1.82) is 5.41 Å². The van der Waals surface area contributed by atoms with Gasteiger partial charge in [-0.3, -0.25) is 5.41 Å². The highest BCUT2D eigenvalue weighted by atomic mass is 32.2. The molecule has 1 aliphatic rings. The van der Waals surface area contributed by atoms with Crippen LogP contribution in [0.25, 0.3) is 0 Å². The summed E-state index contributed by atoms with van der Waals surface area (Å²) in [4.78, 5) is 3.57. The van der Waals surface area contributed by atoms with E-state index in [1.54, 1.807) is 0 Å². The molecule has 1 unspecified atom stereocenters. The number of pyridine rings is 1. The number of hydrogen-bond donors (Lipinski definition) is 3. The standard InChI is InChI=1S/C13H19FN4O2S/c14-10-7-4-8-17-13(10)21(19,20)18-11(12(15)16)9-5-2-1-3-6-9/h4,7-9,11,18H,1-3,5-6H2,(H3,15,16). The number of nitrogens with zero attached hydrogens (tertiary/aromatic N) is 1. The lowest BCUT2D eigenvalue weighted by atomic mass is 9.84. The van der Waals surface area contributed by atoms with Gasteiger partial charge in [-0.1, -0.05) is 19.3 Å². The fourth-order valence-corrected chi connectivity index (χ4v) is 3.96. The number of rotatable bonds is 5. The third kappa shape index (κ3) is 3.76. The van der Waals surface area contributed by atoms with Crippen molar-refractivity contribution in [1.82, 2.24) is 9.71 Å². The summed E-state index contributed by atoms with van der Waals surface area (Å²) in [5.41, 5.74) is 5.53. The molecule has 1 aliphatic carbocycles. The van der Waals surface area contributed by atoms with Gasteiger partial charge in [-0.05, 0) is 30.9 Å². The number of hydrogen-bond acceptors (Lipinski definition) is 4. The minimum atomic E-state index is -4.14. The summed E-state index contributed by atoms with van der Waals surface area (Å²) in [5.74, 6) is -1.20. The molecule has 8 heteroatoms. The zero-order chi connectivity index (χ0) is 15.5. The first kappa shape index (κ1) is 15.8. The Bertz CT molecular complexity index is 614. The Morgan fingerprint density at radius 1 is 1.43 bits per heavy atom. The molecular weight excluding hydrogens is 295 g/mol. The monoisotopic (exact) mass is 314 g/mol. The molecule has 4 N–H and O–H groups in total. The Kier molecular flexibility index (Phi) is 4.89. The van der Waals surface area contributed by atoms with Gasteiger partial charge < -0.3 is 5.73 Å². The molecule has 2 rings (SSSR count). The predicted octanol–water partition coefficient (Wildman–Crippen LogP) is 1.38. The van der Waals surface area contributed by atoms with Gasteiger partial charge in [0.05, 0.1) is 6.04 Å². The highest BCUT2D eigenvalue weighted by Crippen LogP contribution is 2.27. The first-order valence-electron chi connectivity index (χ1n) is 6.88. The minimum Gasteiger partial charge on any atom is -0.386 e. The van der Waals surface area contributed by atoms with E-state index in [1.165, 1.54) is 12.3 Å². The van der Waals surface area contributed by atoms with Crippen LogP contribution >= 0.6 is 0 Å². The topological polar surface area (TPSA) is 109 Å². The van der Waals surface area contributed by atoms with Gasteiger partial charge in [0.1, 0.15) is 5.84 Å². The van der Waals surface area contributed by atoms with E-state index in [4.69, 9.17) is 11.1 Å². The predicted molar refractivity (Wildman–Crippen MR) is 76.8 cm³/mol. The summed E-state index contributed by atoms with van der Waals surface area (Å²) < 4.78 is 40.4. The minimum absolute atomic E-state index is 0.0298. The van der Waals surface area contributed by atoms with Crippen molar-refractivity contribution in [2.75, 3.05) is 0 Å². The SMILES string of the molecule is N=C(N)C(NS(=O)(=O)c1ncccc1F)C1CCCCC1. The normalized spacial score (nSPS) is 18.3. The summed E-state index contributed by atoms with van der Waals surface area (Å²) in [7, 11) is -4.14. The van der Waals surface area contributed by atoms with Crippen LogP contribution in [-0.2, 0) is 10.0 Å². The summed E-state index contributed by atoms with van der Waals surface area (Å²) in [6, 6.07) is 1.54. The summed E-state index contributed by atoms with van der Waals surface area (Å²) in [6.45, 7) is 0. The van der Waals surface area contributed by atoms with Crippen LogP contribution in [0.3, 0.4) is 0 Å². The first-order chi connectivity index (χ1) is 9.92. The molecule has 0 bridgehead atoms. The van der Waals surface area contributed by atoms with E-state index in [0.717, 1.165) is 38.2 Å². The van der Waals surface area contributed by atoms with Gasteiger partial charge in [-0.15, -0.1) is 0 Å². The number of nitrogens with one attached hydrogen (secondary N) is 2. The van der Waals surface area contributed by atoms with Crippen LogP contribution in [0.5, 0.6) is 0 Å². The second-order valence-electron chi connectivity index (χ2n) is 5.24. The van der Waals surface area contributed by atoms with Crippen LogP contribution in [0.2, 0.25) is 0 Å². The summed E-state index contributed by atoms with van der Waals surface area (Å²) in [6.07, 6.45) is 5.88. The molecule has 0 radical (unpaired) electrons. The number of amidine groups is 1. The molecule has 0 aliphatic heterocycles. The van der Waals surface area contributed by atoms with Crippen LogP contribution < -0.4 is 10.5 Å². The van der Waals surface area contributed by atoms with Gasteiger partial charge >= 0.3 is 0 Å². The van der Waals surface area contributed by atoms with Crippen molar-refractivity contribution in [3.8, 4) is 0 Å². The molecule has 116 valence electrons. The van der Waals surface area contributed by atoms with Crippen molar-refractivity contribution in [3.05, 3.63) is 24.1 Å². The Labute approximate surface area is 123 Å². The van der Waals surface area contributed by atoms with Gasteiger partial charge in [0, 0.05) is 6.20 Å². The molecule has 6 nitrogen and oxygen atoms in total. The van der Waals surface area contributed by atoms with Crippen LogP contribution in [-0.4, -0.2) is 25.3 Å². The van der Waals surface area contributed by atoms with Gasteiger partial charge in [-0.25, -0.2) is 17.8 Å². The van der Waals surface area contributed by atoms with E-state index in [9.17, 15) is 12.8 Å². The number of halogens is 1. The van der Waals surface area contributed by atoms with E-state index in [1.807, 2.05) is 0 Å². The lowest BCUT2D eigenvalue weighted by Gasteiger charge is -2.29. The second-order valence-corrected chi connectivity index (χ2v) is 6.87. The van der Waals surface area contributed by atoms with E-state index < -0.39 is 26.9 Å². The molecule has 1 heterocycles. The number of sulfonamides is 1. The maximum absolute atomic E-state index is 13.6. The molecule has 1 saturated carbocycles. The van der Waals surface area contributed by atoms with Crippen molar-refractivity contribution in [2.24, 2.45) is 11.7 Å². The Balaban J connectivity index is 2.23. The molecule has 0 saturated heterocycles. The molecule has 1 atom stereocenters. The van der Waals surface area contributed by atoms with Crippen LogP contribution in [0.4, 0.5) is 4.39 Å². The molecule has 1 aromatic rings. The average molecular weight is 314 g/mol. The molecule has 0 amide bonds. The zero-order valence-corrected chi connectivity index (χ0v) is 12.4. The maximum Gasteiger partial charge on any atom is 0.261 e. The highest BCUT2D eigenvalue weighted by Gasteiger charge is 2.32. The second kappa shape index (κ2) is 6.48. The quantitative estimate of drug-likeness (QED) is 0.563. The molecule has 21 heavy (non-hydrogen) atoms. The maximum atomic E-state index is 13.6. The third-order valence-corrected chi connectivity index (χ3v) is 5.09. The van der Waals surface area contributed by atoms with Crippen LogP contribution in [0.1, 0.15) is 32.1 Å². The Morgan fingerprint density at radius 2 is 2.10 bits per heavy atom. The molecular formula is C13H19FN4O2S. The van der Waals surface area contributed by atoms with E-state index in [0.29, 0.717) is 0 Å². The van der Waals surface area contributed by atoms with E-state index in [-0.39, 0.29) is 11.8 Å². The lowest BCUT2D eigenvalue weighted by Crippen LogP contribution is -2.49. The Hall–Kier alpha value is -1.54. The van der Waals surface area contributed by atoms with Crippen LogP contribution in [0.15, 0.2) is 23.4 Å². The van der Waals surface area contributed by atoms with Crippen molar-refractivity contribution in [2.45, 2.75) is 43.2 Å². The Morgan fingerprint density at radius 3 is 2.67 bits per heavy atom. The van der Waals surface area contributed by atoms with Crippen molar-refractivity contribution >= 4 is 15.9 Å². The van der Waals surface area contributed by atoms with E-state index >= 15 is 0 Å². The zero-order valence-electron chi connectivity index (χ0n) is 11.5. The third-order valence-electron chi connectivity index (χ3n) is 3.72. The smallest absolute Gasteiger partial charge is 0.261 e. The van der Waals surface area contributed by atoms with Gasteiger partial charge in [0.25, 0.3) is 10.0 Å². The average Bonchev–Trinajstić information content (AvgIpc) is 2.46. The van der Waals surface area contributed by atoms with Gasteiger partial charge in [0.15, 0.2) is 5.82 Å². The van der Waals surface area contributed by atoms with E-state index in [2.05, 4.69) is 9.71 Å². The lowest BCUT2D eigenvalue weighted by molar-refractivity contribution is 0.328. The first-order valence-corrected chi connectivity index (χ1v) is 8.37. The molecule has 0 spiro atoms. The van der Waals surface area contributed by atoms with Crippen molar-refractivity contribution in [3.63, 3.8) is 0 Å². The van der Waals surface area contributed by atoms with Crippen LogP contribution in [0, 0.1) is 17.1 Å².